The molecule has 0 radical (unpaired) electrons. The molecule has 29 heavy (non-hydrogen) atoms. The van der Waals surface area contributed by atoms with Gasteiger partial charge in [-0.25, -0.2) is 9.67 Å². The lowest BCUT2D eigenvalue weighted by Crippen LogP contribution is -2.26. The highest BCUT2D eigenvalue weighted by Crippen LogP contribution is 2.29. The highest BCUT2D eigenvalue weighted by molar-refractivity contribution is 5.98. The Morgan fingerprint density at radius 1 is 1.17 bits per heavy atom. The number of ether oxygens (including phenoxy) is 1. The van der Waals surface area contributed by atoms with Crippen molar-refractivity contribution in [3.05, 3.63) is 72.7 Å². The Hall–Kier alpha value is -4.01. The second-order valence-electron chi connectivity index (χ2n) is 6.19. The normalized spacial score (nSPS) is 10.7. The van der Waals surface area contributed by atoms with Crippen LogP contribution in [0.2, 0.25) is 0 Å². The molecule has 0 fully saturated rings. The summed E-state index contributed by atoms with van der Waals surface area (Å²) in [5, 5.41) is 11.3. The molecular weight excluding hydrogens is 370 g/mol. The number of hydrogen-bond acceptors (Lipinski definition) is 6. The van der Waals surface area contributed by atoms with Gasteiger partial charge in [-0.05, 0) is 24.3 Å². The van der Waals surface area contributed by atoms with E-state index in [9.17, 15) is 4.79 Å². The number of methoxy groups -OCH3 is 1. The minimum absolute atomic E-state index is 0.228. The van der Waals surface area contributed by atoms with Gasteiger partial charge in [-0.15, -0.1) is 5.10 Å². The Bertz CT molecular complexity index is 1090. The molecule has 1 aromatic carbocycles. The van der Waals surface area contributed by atoms with Crippen molar-refractivity contribution in [1.82, 2.24) is 35.3 Å². The largest absolute Gasteiger partial charge is 0.494 e. The van der Waals surface area contributed by atoms with Crippen LogP contribution in [-0.4, -0.2) is 49.5 Å². The van der Waals surface area contributed by atoms with Crippen LogP contribution in [0.25, 0.3) is 16.9 Å². The predicted octanol–water partition coefficient (Wildman–Crippen LogP) is 2.03. The summed E-state index contributed by atoms with van der Waals surface area (Å²) in [4.78, 5) is 23.9. The number of aromatic amines is 1. The summed E-state index contributed by atoms with van der Waals surface area (Å²) in [6, 6.07) is 11.1. The standard InChI is InChI=1S/C20H19N7O2/c1-29-17-5-3-2-4-16(17)27-19(14-6-9-21-10-7-14)18(25-26-27)20(28)23-11-8-15-12-22-13-24-15/h2-7,9-10,12-13H,8,11H2,1H3,(H,22,24)(H,23,28). The number of pyridine rings is 1. The molecule has 3 heterocycles. The third kappa shape index (κ3) is 3.84. The van der Waals surface area contributed by atoms with Crippen LogP contribution >= 0.6 is 0 Å². The molecule has 0 saturated carbocycles. The van der Waals surface area contributed by atoms with Crippen molar-refractivity contribution in [3.63, 3.8) is 0 Å². The average Bonchev–Trinajstić information content (AvgIpc) is 3.44. The Morgan fingerprint density at radius 2 is 2.00 bits per heavy atom. The van der Waals surface area contributed by atoms with Gasteiger partial charge in [0.1, 0.15) is 17.1 Å². The Kier molecular flexibility index (Phi) is 5.28. The highest BCUT2D eigenvalue weighted by Gasteiger charge is 2.23. The van der Waals surface area contributed by atoms with Gasteiger partial charge in [0.2, 0.25) is 0 Å². The minimum Gasteiger partial charge on any atom is -0.494 e. The number of imidazole rings is 1. The molecule has 0 bridgehead atoms. The van der Waals surface area contributed by atoms with Crippen molar-refractivity contribution in [2.75, 3.05) is 13.7 Å². The van der Waals surface area contributed by atoms with E-state index in [2.05, 4.69) is 30.6 Å². The molecule has 0 atom stereocenters. The number of rotatable bonds is 7. The van der Waals surface area contributed by atoms with E-state index in [-0.39, 0.29) is 11.6 Å². The zero-order valence-corrected chi connectivity index (χ0v) is 15.7. The number of para-hydroxylation sites is 2. The molecule has 146 valence electrons. The van der Waals surface area contributed by atoms with E-state index in [0.717, 1.165) is 11.3 Å². The zero-order chi connectivity index (χ0) is 20.1. The summed E-state index contributed by atoms with van der Waals surface area (Å²) in [6.45, 7) is 0.443. The first kappa shape index (κ1) is 18.4. The van der Waals surface area contributed by atoms with Crippen molar-refractivity contribution in [2.45, 2.75) is 6.42 Å². The van der Waals surface area contributed by atoms with Crippen molar-refractivity contribution in [1.29, 1.82) is 0 Å². The molecule has 4 rings (SSSR count). The number of carbonyl (C=O) groups excluding carboxylic acids is 1. The van der Waals surface area contributed by atoms with Crippen LogP contribution in [-0.2, 0) is 6.42 Å². The number of benzene rings is 1. The fourth-order valence-corrected chi connectivity index (χ4v) is 2.99. The molecule has 0 aliphatic rings. The summed E-state index contributed by atoms with van der Waals surface area (Å²) in [5.41, 5.74) is 3.19. The van der Waals surface area contributed by atoms with Crippen LogP contribution in [0.1, 0.15) is 16.2 Å². The summed E-state index contributed by atoms with van der Waals surface area (Å²) in [7, 11) is 1.59. The lowest BCUT2D eigenvalue weighted by Gasteiger charge is -2.11. The van der Waals surface area contributed by atoms with Gasteiger partial charge in [-0.2, -0.15) is 0 Å². The Morgan fingerprint density at radius 3 is 2.76 bits per heavy atom. The summed E-state index contributed by atoms with van der Waals surface area (Å²) in [5.74, 6) is 0.316. The Labute approximate surface area is 166 Å². The van der Waals surface area contributed by atoms with Crippen LogP contribution in [0, 0.1) is 0 Å². The second-order valence-corrected chi connectivity index (χ2v) is 6.19. The molecule has 2 N–H and O–H groups in total. The predicted molar refractivity (Wildman–Crippen MR) is 106 cm³/mol. The van der Waals surface area contributed by atoms with Gasteiger partial charge < -0.3 is 15.0 Å². The SMILES string of the molecule is COc1ccccc1-n1nnc(C(=O)NCCc2cnc[nH]2)c1-c1ccncc1. The maximum absolute atomic E-state index is 12.9. The van der Waals surface area contributed by atoms with Crippen molar-refractivity contribution < 1.29 is 9.53 Å². The number of nitrogens with zero attached hydrogens (tertiary/aromatic N) is 5. The van der Waals surface area contributed by atoms with Gasteiger partial charge in [0, 0.05) is 42.8 Å². The molecule has 0 aliphatic carbocycles. The summed E-state index contributed by atoms with van der Waals surface area (Å²) < 4.78 is 7.06. The van der Waals surface area contributed by atoms with Gasteiger partial charge in [0.05, 0.1) is 13.4 Å². The number of hydrogen-bond donors (Lipinski definition) is 2. The van der Waals surface area contributed by atoms with Gasteiger partial charge in [0.15, 0.2) is 5.69 Å². The highest BCUT2D eigenvalue weighted by atomic mass is 16.5. The maximum Gasteiger partial charge on any atom is 0.274 e. The van der Waals surface area contributed by atoms with Crippen LogP contribution in [0.5, 0.6) is 5.75 Å². The van der Waals surface area contributed by atoms with Crippen molar-refractivity contribution >= 4 is 5.91 Å². The summed E-state index contributed by atoms with van der Waals surface area (Å²) in [6.07, 6.45) is 7.30. The van der Waals surface area contributed by atoms with Crippen LogP contribution in [0.3, 0.4) is 0 Å². The average molecular weight is 389 g/mol. The van der Waals surface area contributed by atoms with Gasteiger partial charge in [-0.3, -0.25) is 9.78 Å². The molecule has 1 amide bonds. The van der Waals surface area contributed by atoms with Crippen LogP contribution < -0.4 is 10.1 Å². The molecular formula is C20H19N7O2. The Balaban J connectivity index is 1.69. The third-order valence-corrected chi connectivity index (χ3v) is 4.39. The molecule has 9 nitrogen and oxygen atoms in total. The number of nitrogens with one attached hydrogen (secondary N) is 2. The molecule has 0 spiro atoms. The molecule has 0 saturated heterocycles. The quantitative estimate of drug-likeness (QED) is 0.500. The first-order valence-corrected chi connectivity index (χ1v) is 9.03. The molecule has 3 aromatic heterocycles. The van der Waals surface area contributed by atoms with Crippen LogP contribution in [0.4, 0.5) is 0 Å². The number of carbonyl (C=O) groups is 1. The van der Waals surface area contributed by atoms with Crippen LogP contribution in [0.15, 0.2) is 61.3 Å². The lowest BCUT2D eigenvalue weighted by molar-refractivity contribution is 0.0949. The van der Waals surface area contributed by atoms with Gasteiger partial charge in [-0.1, -0.05) is 17.3 Å². The maximum atomic E-state index is 12.9. The molecule has 4 aromatic rings. The first-order chi connectivity index (χ1) is 14.3. The fourth-order valence-electron chi connectivity index (χ4n) is 2.99. The van der Waals surface area contributed by atoms with Crippen molar-refractivity contribution in [2.24, 2.45) is 0 Å². The first-order valence-electron chi connectivity index (χ1n) is 9.03. The third-order valence-electron chi connectivity index (χ3n) is 4.39. The monoisotopic (exact) mass is 389 g/mol. The van der Waals surface area contributed by atoms with E-state index in [1.54, 1.807) is 36.7 Å². The fraction of sp³-hybridized carbons (Fsp3) is 0.150. The van der Waals surface area contributed by atoms with E-state index < -0.39 is 0 Å². The van der Waals surface area contributed by atoms with E-state index >= 15 is 0 Å². The number of H-pyrrole nitrogens is 1. The van der Waals surface area contributed by atoms with E-state index in [0.29, 0.717) is 30.1 Å². The lowest BCUT2D eigenvalue weighted by atomic mass is 10.1. The van der Waals surface area contributed by atoms with E-state index in [1.807, 2.05) is 36.4 Å². The number of amides is 1. The van der Waals surface area contributed by atoms with Gasteiger partial charge >= 0.3 is 0 Å². The second kappa shape index (κ2) is 8.34. The topological polar surface area (TPSA) is 111 Å². The van der Waals surface area contributed by atoms with E-state index in [1.165, 1.54) is 0 Å². The smallest absolute Gasteiger partial charge is 0.274 e. The zero-order valence-electron chi connectivity index (χ0n) is 15.7. The van der Waals surface area contributed by atoms with Crippen molar-refractivity contribution in [3.8, 4) is 22.7 Å². The summed E-state index contributed by atoms with van der Waals surface area (Å²) >= 11 is 0. The molecule has 0 unspecified atom stereocenters. The molecule has 0 aliphatic heterocycles. The van der Waals surface area contributed by atoms with E-state index in [4.69, 9.17) is 4.74 Å². The minimum atomic E-state index is -0.308. The molecule has 9 heteroatoms. The van der Waals surface area contributed by atoms with Gasteiger partial charge in [0.25, 0.3) is 5.91 Å². The number of aromatic nitrogens is 6.